The average molecular weight is 354 g/mol. The van der Waals surface area contributed by atoms with Crippen LogP contribution in [0.5, 0.6) is 5.75 Å². The number of ether oxygens (including phenoxy) is 1. The topological polar surface area (TPSA) is 61.9 Å². The number of nitrogens with zero attached hydrogens (tertiary/aromatic N) is 2. The fourth-order valence-corrected chi connectivity index (χ4v) is 2.70. The number of halogens is 1. The van der Waals surface area contributed by atoms with Crippen molar-refractivity contribution in [3.63, 3.8) is 0 Å². The number of carbonyl (C=O) groups is 2. The number of carbonyl (C=O) groups excluding carboxylic acids is 2. The van der Waals surface area contributed by atoms with Gasteiger partial charge in [-0.15, -0.1) is 0 Å². The maximum atomic E-state index is 12.5. The van der Waals surface area contributed by atoms with E-state index in [0.29, 0.717) is 23.9 Å². The summed E-state index contributed by atoms with van der Waals surface area (Å²) < 4.78 is 5.68. The van der Waals surface area contributed by atoms with Crippen LogP contribution < -0.4 is 10.1 Å². The summed E-state index contributed by atoms with van der Waals surface area (Å²) in [6, 6.07) is 6.96. The van der Waals surface area contributed by atoms with Crippen molar-refractivity contribution in [1.29, 1.82) is 0 Å². The van der Waals surface area contributed by atoms with Crippen molar-refractivity contribution in [2.24, 2.45) is 0 Å². The van der Waals surface area contributed by atoms with Crippen molar-refractivity contribution in [3.8, 4) is 5.75 Å². The second kappa shape index (κ2) is 8.24. The zero-order valence-corrected chi connectivity index (χ0v) is 15.0. The Bertz CT molecular complexity index is 569. The third kappa shape index (κ3) is 5.03. The summed E-state index contributed by atoms with van der Waals surface area (Å²) >= 11 is 5.84. The number of nitrogens with one attached hydrogen (secondary N) is 1. The van der Waals surface area contributed by atoms with Crippen molar-refractivity contribution in [2.75, 3.05) is 27.2 Å². The second-order valence-corrected chi connectivity index (χ2v) is 6.59. The number of benzene rings is 1. The van der Waals surface area contributed by atoms with Gasteiger partial charge in [-0.3, -0.25) is 4.79 Å². The average Bonchev–Trinajstić information content (AvgIpc) is 2.56. The molecule has 0 bridgehead atoms. The minimum Gasteiger partial charge on any atom is -0.481 e. The Kier molecular flexibility index (Phi) is 6.31. The van der Waals surface area contributed by atoms with Crippen molar-refractivity contribution < 1.29 is 14.3 Å². The molecule has 0 aliphatic carbocycles. The first-order chi connectivity index (χ1) is 11.4. The molecule has 0 radical (unpaired) electrons. The van der Waals surface area contributed by atoms with E-state index in [2.05, 4.69) is 5.32 Å². The molecule has 3 amide bonds. The summed E-state index contributed by atoms with van der Waals surface area (Å²) in [6.07, 6.45) is 0.942. The minimum absolute atomic E-state index is 0.0395. The van der Waals surface area contributed by atoms with E-state index < -0.39 is 6.10 Å². The standard InChI is InChI=1S/C17H24ClN3O3/c1-12(24-15-6-4-13(18)5-7-15)16(22)21-10-8-14(9-11-21)19-17(23)20(2)3/h4-7,12,14H,8-11H2,1-3H3,(H,19,23)/t12-/m0/s1. The molecule has 7 heteroatoms. The molecule has 1 aliphatic heterocycles. The molecule has 0 saturated carbocycles. The van der Waals surface area contributed by atoms with Crippen LogP contribution in [0.3, 0.4) is 0 Å². The van der Waals surface area contributed by atoms with Crippen molar-refractivity contribution in [1.82, 2.24) is 15.1 Å². The number of urea groups is 1. The highest BCUT2D eigenvalue weighted by atomic mass is 35.5. The summed E-state index contributed by atoms with van der Waals surface area (Å²) in [5.74, 6) is 0.579. The van der Waals surface area contributed by atoms with Gasteiger partial charge in [0, 0.05) is 38.2 Å². The molecule has 0 aromatic heterocycles. The Hall–Kier alpha value is -1.95. The van der Waals surface area contributed by atoms with E-state index in [9.17, 15) is 9.59 Å². The molecule has 1 atom stereocenters. The molecule has 1 N–H and O–H groups in total. The van der Waals surface area contributed by atoms with Gasteiger partial charge in [0.25, 0.3) is 5.91 Å². The van der Waals surface area contributed by atoms with Gasteiger partial charge >= 0.3 is 6.03 Å². The van der Waals surface area contributed by atoms with Crippen LogP contribution in [-0.2, 0) is 4.79 Å². The lowest BCUT2D eigenvalue weighted by Crippen LogP contribution is -2.51. The zero-order chi connectivity index (χ0) is 17.7. The highest BCUT2D eigenvalue weighted by Crippen LogP contribution is 2.18. The lowest BCUT2D eigenvalue weighted by atomic mass is 10.0. The van der Waals surface area contributed by atoms with Crippen LogP contribution in [0.15, 0.2) is 24.3 Å². The van der Waals surface area contributed by atoms with Gasteiger partial charge < -0.3 is 19.9 Å². The van der Waals surface area contributed by atoms with Crippen molar-refractivity contribution >= 4 is 23.5 Å². The molecular formula is C17H24ClN3O3. The first kappa shape index (κ1) is 18.4. The van der Waals surface area contributed by atoms with Crippen molar-refractivity contribution in [2.45, 2.75) is 31.9 Å². The van der Waals surface area contributed by atoms with Gasteiger partial charge in [0.15, 0.2) is 6.10 Å². The third-order valence-electron chi connectivity index (χ3n) is 4.01. The Morgan fingerprint density at radius 1 is 1.25 bits per heavy atom. The highest BCUT2D eigenvalue weighted by Gasteiger charge is 2.27. The number of hydrogen-bond donors (Lipinski definition) is 1. The molecule has 0 unspecified atom stereocenters. The molecule has 1 fully saturated rings. The second-order valence-electron chi connectivity index (χ2n) is 6.16. The lowest BCUT2D eigenvalue weighted by molar-refractivity contribution is -0.139. The van der Waals surface area contributed by atoms with E-state index in [1.807, 2.05) is 0 Å². The predicted molar refractivity (Wildman–Crippen MR) is 93.4 cm³/mol. The highest BCUT2D eigenvalue weighted by molar-refractivity contribution is 6.30. The molecule has 1 heterocycles. The Morgan fingerprint density at radius 3 is 2.38 bits per heavy atom. The minimum atomic E-state index is -0.556. The van der Waals surface area contributed by atoms with E-state index >= 15 is 0 Å². The predicted octanol–water partition coefficient (Wildman–Crippen LogP) is 2.37. The Morgan fingerprint density at radius 2 is 1.83 bits per heavy atom. The number of piperidine rings is 1. The summed E-state index contributed by atoms with van der Waals surface area (Å²) in [5.41, 5.74) is 0. The summed E-state index contributed by atoms with van der Waals surface area (Å²) in [5, 5.41) is 3.59. The van der Waals surface area contributed by atoms with Crippen LogP contribution in [0.4, 0.5) is 4.79 Å². The van der Waals surface area contributed by atoms with Gasteiger partial charge in [-0.2, -0.15) is 0 Å². The maximum absolute atomic E-state index is 12.5. The van der Waals surface area contributed by atoms with Gasteiger partial charge in [-0.05, 0) is 44.0 Å². The number of amides is 3. The van der Waals surface area contributed by atoms with Gasteiger partial charge in [-0.1, -0.05) is 11.6 Å². The monoisotopic (exact) mass is 353 g/mol. The van der Waals surface area contributed by atoms with Crippen LogP contribution in [0.25, 0.3) is 0 Å². The number of likely N-dealkylation sites (tertiary alicyclic amines) is 1. The molecule has 1 saturated heterocycles. The van der Waals surface area contributed by atoms with Crippen LogP contribution in [0.1, 0.15) is 19.8 Å². The van der Waals surface area contributed by atoms with E-state index in [1.54, 1.807) is 50.2 Å². The largest absolute Gasteiger partial charge is 0.481 e. The van der Waals surface area contributed by atoms with E-state index in [4.69, 9.17) is 16.3 Å². The smallest absolute Gasteiger partial charge is 0.317 e. The number of hydrogen-bond acceptors (Lipinski definition) is 3. The fourth-order valence-electron chi connectivity index (χ4n) is 2.57. The molecule has 0 spiro atoms. The SMILES string of the molecule is C[C@H](Oc1ccc(Cl)cc1)C(=O)N1CCC(NC(=O)N(C)C)CC1. The van der Waals surface area contributed by atoms with Crippen molar-refractivity contribution in [3.05, 3.63) is 29.3 Å². The lowest BCUT2D eigenvalue weighted by Gasteiger charge is -2.34. The quantitative estimate of drug-likeness (QED) is 0.904. The summed E-state index contributed by atoms with van der Waals surface area (Å²) in [7, 11) is 3.42. The molecule has 24 heavy (non-hydrogen) atoms. The van der Waals surface area contributed by atoms with Crippen LogP contribution in [0, 0.1) is 0 Å². The van der Waals surface area contributed by atoms with Crippen LogP contribution in [-0.4, -0.2) is 61.1 Å². The van der Waals surface area contributed by atoms with Gasteiger partial charge in [0.2, 0.25) is 0 Å². The Labute approximate surface area is 147 Å². The third-order valence-corrected chi connectivity index (χ3v) is 4.27. The summed E-state index contributed by atoms with van der Waals surface area (Å²) in [4.78, 5) is 27.5. The first-order valence-electron chi connectivity index (χ1n) is 8.05. The van der Waals surface area contributed by atoms with Gasteiger partial charge in [0.1, 0.15) is 5.75 Å². The number of rotatable bonds is 4. The first-order valence-corrected chi connectivity index (χ1v) is 8.43. The van der Waals surface area contributed by atoms with Crippen LogP contribution in [0.2, 0.25) is 5.02 Å². The van der Waals surface area contributed by atoms with E-state index in [0.717, 1.165) is 12.8 Å². The molecule has 1 aromatic rings. The molecule has 132 valence electrons. The molecule has 2 rings (SSSR count). The molecule has 1 aromatic carbocycles. The molecular weight excluding hydrogens is 330 g/mol. The van der Waals surface area contributed by atoms with Gasteiger partial charge in [-0.25, -0.2) is 4.79 Å². The maximum Gasteiger partial charge on any atom is 0.317 e. The Balaban J connectivity index is 1.81. The summed E-state index contributed by atoms with van der Waals surface area (Å²) in [6.45, 7) is 2.98. The van der Waals surface area contributed by atoms with Crippen LogP contribution >= 0.6 is 11.6 Å². The molecule has 6 nitrogen and oxygen atoms in total. The van der Waals surface area contributed by atoms with E-state index in [1.165, 1.54) is 4.90 Å². The normalized spacial score (nSPS) is 16.4. The zero-order valence-electron chi connectivity index (χ0n) is 14.3. The fraction of sp³-hybridized carbons (Fsp3) is 0.529. The van der Waals surface area contributed by atoms with Gasteiger partial charge in [0.05, 0.1) is 0 Å². The van der Waals surface area contributed by atoms with E-state index in [-0.39, 0.29) is 18.0 Å². The molecule has 1 aliphatic rings.